The molecule has 5 heterocycles. The van der Waals surface area contributed by atoms with Crippen LogP contribution in [0.15, 0.2) is 29.0 Å². The first kappa shape index (κ1) is 26.4. The van der Waals surface area contributed by atoms with Crippen molar-refractivity contribution in [1.82, 2.24) is 24.2 Å². The lowest BCUT2D eigenvalue weighted by Gasteiger charge is -2.26. The normalized spacial score (nSPS) is 19.8. The summed E-state index contributed by atoms with van der Waals surface area (Å²) in [6, 6.07) is 5.49. The Morgan fingerprint density at radius 1 is 1.19 bits per heavy atom. The van der Waals surface area contributed by atoms with Crippen molar-refractivity contribution in [3.63, 3.8) is 0 Å². The summed E-state index contributed by atoms with van der Waals surface area (Å²) < 4.78 is 16.8. The average Bonchev–Trinajstić information content (AvgIpc) is 3.55. The zero-order chi connectivity index (χ0) is 26.6. The quantitative estimate of drug-likeness (QED) is 0.251. The van der Waals surface area contributed by atoms with E-state index < -0.39 is 13.7 Å². The maximum absolute atomic E-state index is 12.7. The molecule has 1 spiro atoms. The molecule has 5 rings (SSSR count). The van der Waals surface area contributed by atoms with Crippen LogP contribution in [0.5, 0.6) is 0 Å². The molecule has 0 aliphatic carbocycles. The molecule has 1 fully saturated rings. The number of ether oxygens (including phenoxy) is 2. The molecule has 2 aliphatic rings. The number of halogens is 1. The number of aryl methyl sites for hydroxylation is 1. The number of hydrogen-bond acceptors (Lipinski definition) is 5. The number of amides is 1. The van der Waals surface area contributed by atoms with E-state index in [0.717, 1.165) is 58.8 Å². The maximum Gasteiger partial charge on any atom is 0.410 e. The van der Waals surface area contributed by atoms with Crippen LogP contribution in [-0.2, 0) is 28.2 Å². The SMILES string of the molecule is CC(C)(C)OC(=O)N1CCC2(CCn3nc(-c4cnc5c(c4)c(Br)cn5COCC[Si](C)(C)C)cc32)C1. The Morgan fingerprint density at radius 3 is 2.68 bits per heavy atom. The summed E-state index contributed by atoms with van der Waals surface area (Å²) in [7, 11) is -1.12. The number of fused-ring (bicyclic) bond motifs is 3. The molecular formula is C27H38BrN5O3Si. The van der Waals surface area contributed by atoms with E-state index in [-0.39, 0.29) is 11.5 Å². The zero-order valence-electron chi connectivity index (χ0n) is 22.8. The van der Waals surface area contributed by atoms with E-state index in [1.807, 2.05) is 38.1 Å². The number of aromatic nitrogens is 4. The number of nitrogens with zero attached hydrogens (tertiary/aromatic N) is 5. The highest BCUT2D eigenvalue weighted by Gasteiger charge is 2.47. The molecule has 10 heteroatoms. The van der Waals surface area contributed by atoms with Gasteiger partial charge >= 0.3 is 6.09 Å². The fourth-order valence-electron chi connectivity index (χ4n) is 5.28. The minimum absolute atomic E-state index is 0.0587. The lowest BCUT2D eigenvalue weighted by molar-refractivity contribution is 0.0284. The van der Waals surface area contributed by atoms with Crippen LogP contribution in [0.2, 0.25) is 25.7 Å². The fraction of sp³-hybridized carbons (Fsp3) is 0.593. The molecule has 0 aromatic carbocycles. The van der Waals surface area contributed by atoms with E-state index in [4.69, 9.17) is 19.6 Å². The minimum Gasteiger partial charge on any atom is -0.444 e. The van der Waals surface area contributed by atoms with E-state index in [2.05, 4.69) is 57.0 Å². The van der Waals surface area contributed by atoms with Crippen LogP contribution in [0.3, 0.4) is 0 Å². The molecule has 8 nitrogen and oxygen atoms in total. The fourth-order valence-corrected chi connectivity index (χ4v) is 6.58. The summed E-state index contributed by atoms with van der Waals surface area (Å²) in [5, 5.41) is 5.98. The minimum atomic E-state index is -1.12. The molecular weight excluding hydrogens is 550 g/mol. The van der Waals surface area contributed by atoms with Crippen molar-refractivity contribution in [1.29, 1.82) is 0 Å². The Kier molecular flexibility index (Phi) is 6.81. The summed E-state index contributed by atoms with van der Waals surface area (Å²) in [5.41, 5.74) is 3.47. The van der Waals surface area contributed by atoms with Gasteiger partial charge in [-0.3, -0.25) is 4.68 Å². The summed E-state index contributed by atoms with van der Waals surface area (Å²) in [6.45, 7) is 16.3. The molecule has 0 bridgehead atoms. The van der Waals surface area contributed by atoms with Crippen LogP contribution in [0.25, 0.3) is 22.3 Å². The van der Waals surface area contributed by atoms with E-state index in [1.54, 1.807) is 0 Å². The molecule has 1 atom stereocenters. The van der Waals surface area contributed by atoms with Crippen molar-refractivity contribution in [2.45, 2.75) is 83.6 Å². The van der Waals surface area contributed by atoms with Gasteiger partial charge in [-0.1, -0.05) is 19.6 Å². The Balaban J connectivity index is 1.33. The number of pyridine rings is 1. The van der Waals surface area contributed by atoms with Gasteiger partial charge in [0.2, 0.25) is 0 Å². The van der Waals surface area contributed by atoms with E-state index in [9.17, 15) is 4.79 Å². The first-order chi connectivity index (χ1) is 17.3. The van der Waals surface area contributed by atoms with Crippen LogP contribution in [-0.4, -0.2) is 63.7 Å². The van der Waals surface area contributed by atoms with Crippen molar-refractivity contribution in [3.8, 4) is 11.3 Å². The van der Waals surface area contributed by atoms with E-state index >= 15 is 0 Å². The van der Waals surface area contributed by atoms with Crippen LogP contribution in [0, 0.1) is 0 Å². The molecule has 37 heavy (non-hydrogen) atoms. The van der Waals surface area contributed by atoms with Gasteiger partial charge in [-0.2, -0.15) is 5.10 Å². The largest absolute Gasteiger partial charge is 0.444 e. The molecule has 3 aromatic rings. The molecule has 2 aliphatic heterocycles. The number of carbonyl (C=O) groups is 1. The Morgan fingerprint density at radius 2 is 1.95 bits per heavy atom. The Bertz CT molecular complexity index is 1320. The molecule has 0 radical (unpaired) electrons. The predicted molar refractivity (Wildman–Crippen MR) is 151 cm³/mol. The predicted octanol–water partition coefficient (Wildman–Crippen LogP) is 6.26. The molecule has 1 unspecified atom stereocenters. The summed E-state index contributed by atoms with van der Waals surface area (Å²) in [6.07, 6.45) is 5.65. The first-order valence-electron chi connectivity index (χ1n) is 13.1. The van der Waals surface area contributed by atoms with Gasteiger partial charge in [0.15, 0.2) is 0 Å². The van der Waals surface area contributed by atoms with Crippen molar-refractivity contribution < 1.29 is 14.3 Å². The highest BCUT2D eigenvalue weighted by molar-refractivity contribution is 9.10. The standard InChI is InChI=1S/C27H38BrN5O3Si/c1-26(2,3)36-25(34)31-9-7-27(17-31)8-10-33-23(27)14-22(30-33)19-13-20-21(28)16-32(24(20)29-15-19)18-35-11-12-37(4,5)6/h13-16H,7-12,17-18H2,1-6H3. The second-order valence-corrected chi connectivity index (χ2v) is 19.2. The highest BCUT2D eigenvalue weighted by Crippen LogP contribution is 2.44. The van der Waals surface area contributed by atoms with E-state index in [1.165, 1.54) is 5.69 Å². The topological polar surface area (TPSA) is 74.4 Å². The van der Waals surface area contributed by atoms with Crippen LogP contribution in [0.4, 0.5) is 4.79 Å². The molecule has 1 saturated heterocycles. The molecule has 3 aromatic heterocycles. The second kappa shape index (κ2) is 9.54. The lowest BCUT2D eigenvalue weighted by Crippen LogP contribution is -2.37. The van der Waals surface area contributed by atoms with Crippen molar-refractivity contribution in [2.75, 3.05) is 19.7 Å². The third-order valence-electron chi connectivity index (χ3n) is 7.32. The van der Waals surface area contributed by atoms with Crippen molar-refractivity contribution >= 4 is 41.1 Å². The van der Waals surface area contributed by atoms with Gasteiger partial charge in [0.1, 0.15) is 18.0 Å². The highest BCUT2D eigenvalue weighted by atomic mass is 79.9. The number of likely N-dealkylation sites (tertiary alicyclic amines) is 1. The van der Waals surface area contributed by atoms with Crippen LogP contribution in [0.1, 0.15) is 39.3 Å². The number of carbonyl (C=O) groups excluding carboxylic acids is 1. The average molecular weight is 589 g/mol. The zero-order valence-corrected chi connectivity index (χ0v) is 25.4. The van der Waals surface area contributed by atoms with E-state index in [0.29, 0.717) is 19.8 Å². The number of rotatable bonds is 6. The first-order valence-corrected chi connectivity index (χ1v) is 17.6. The van der Waals surface area contributed by atoms with Gasteiger partial charge in [0.05, 0.1) is 5.69 Å². The maximum atomic E-state index is 12.7. The lowest BCUT2D eigenvalue weighted by atomic mass is 9.82. The van der Waals surface area contributed by atoms with Gasteiger partial charge in [-0.25, -0.2) is 9.78 Å². The molecule has 200 valence electrons. The third-order valence-corrected chi connectivity index (χ3v) is 9.65. The van der Waals surface area contributed by atoms with Crippen LogP contribution >= 0.6 is 15.9 Å². The van der Waals surface area contributed by atoms with Crippen molar-refractivity contribution in [2.24, 2.45) is 0 Å². The van der Waals surface area contributed by atoms with Gasteiger partial charge in [0.25, 0.3) is 0 Å². The molecule has 1 amide bonds. The Labute approximate surface area is 228 Å². The summed E-state index contributed by atoms with van der Waals surface area (Å²) in [4.78, 5) is 19.3. The number of hydrogen-bond donors (Lipinski definition) is 0. The van der Waals surface area contributed by atoms with Crippen molar-refractivity contribution in [3.05, 3.63) is 34.7 Å². The summed E-state index contributed by atoms with van der Waals surface area (Å²) in [5.74, 6) is 0. The monoisotopic (exact) mass is 587 g/mol. The van der Waals surface area contributed by atoms with Gasteiger partial charge in [0, 0.05) is 73.2 Å². The third kappa shape index (κ3) is 5.51. The van der Waals surface area contributed by atoms with Gasteiger partial charge in [-0.15, -0.1) is 0 Å². The van der Waals surface area contributed by atoms with Gasteiger partial charge < -0.3 is 18.9 Å². The second-order valence-electron chi connectivity index (χ2n) is 12.7. The van der Waals surface area contributed by atoms with Gasteiger partial charge in [-0.05, 0) is 67.7 Å². The van der Waals surface area contributed by atoms with Crippen LogP contribution < -0.4 is 0 Å². The molecule has 0 N–H and O–H groups in total. The summed E-state index contributed by atoms with van der Waals surface area (Å²) >= 11 is 3.71. The smallest absolute Gasteiger partial charge is 0.410 e. The Hall–Kier alpha value is -2.17. The molecule has 0 saturated carbocycles.